The fraction of sp³-hybridized carbons (Fsp3) is 0.516. The molecule has 1 unspecified atom stereocenters. The number of amides is 1. The highest BCUT2D eigenvalue weighted by Crippen LogP contribution is 2.64. The Bertz CT molecular complexity index is 1220. The predicted molar refractivity (Wildman–Crippen MR) is 148 cm³/mol. The van der Waals surface area contributed by atoms with E-state index in [9.17, 15) is 22.4 Å². The molecule has 0 aromatic heterocycles. The maximum Gasteiger partial charge on any atom is 0.419 e. The summed E-state index contributed by atoms with van der Waals surface area (Å²) in [6, 6.07) is 11.4. The van der Waals surface area contributed by atoms with Crippen molar-refractivity contribution in [2.45, 2.75) is 67.9 Å². The molecule has 8 heteroatoms. The van der Waals surface area contributed by atoms with Crippen molar-refractivity contribution in [3.63, 3.8) is 0 Å². The third-order valence-electron chi connectivity index (χ3n) is 8.86. The van der Waals surface area contributed by atoms with Crippen LogP contribution in [0.15, 0.2) is 59.0 Å². The summed E-state index contributed by atoms with van der Waals surface area (Å²) in [7, 11) is 0. The SMILES string of the molecule is CSc1cccc([C@]23CC[C@@H](/C(=C\CCCN4CCCC4)C(=O)Nc4ccc(F)c(C(F)(F)F)c4)CC2C3)c1. The molecular weight excluding hydrogens is 524 g/mol. The summed E-state index contributed by atoms with van der Waals surface area (Å²) in [5, 5.41) is 2.66. The highest BCUT2D eigenvalue weighted by molar-refractivity contribution is 7.98. The lowest BCUT2D eigenvalue weighted by Gasteiger charge is -2.30. The van der Waals surface area contributed by atoms with Gasteiger partial charge >= 0.3 is 6.18 Å². The lowest BCUT2D eigenvalue weighted by molar-refractivity contribution is -0.140. The normalized spacial score (nSPS) is 25.4. The Morgan fingerprint density at radius 2 is 1.97 bits per heavy atom. The molecule has 1 N–H and O–H groups in total. The summed E-state index contributed by atoms with van der Waals surface area (Å²) < 4.78 is 53.6. The number of fused-ring (bicyclic) bond motifs is 1. The number of likely N-dealkylation sites (tertiary alicyclic amines) is 1. The molecule has 5 rings (SSSR count). The molecule has 3 aliphatic rings. The van der Waals surface area contributed by atoms with Gasteiger partial charge in [-0.25, -0.2) is 4.39 Å². The molecule has 0 bridgehead atoms. The number of rotatable bonds is 9. The lowest BCUT2D eigenvalue weighted by Crippen LogP contribution is -2.27. The molecule has 1 amide bonds. The molecule has 0 radical (unpaired) electrons. The van der Waals surface area contributed by atoms with Crippen LogP contribution in [0.25, 0.3) is 0 Å². The zero-order chi connectivity index (χ0) is 27.6. The van der Waals surface area contributed by atoms with Crippen molar-refractivity contribution in [2.75, 3.05) is 31.2 Å². The Balaban J connectivity index is 1.31. The standard InChI is InChI=1S/C31H36F4N2OS/c1-39-25-8-6-7-22(18-25)30-13-12-21(17-23(30)20-30)26(9-2-3-14-37-15-4-5-16-37)29(38)36-24-10-11-28(32)27(19-24)31(33,34)35/h6-11,18-19,21,23H,2-5,12-17,20H2,1H3,(H,36,38)/b26-9+/t21-,23?,30-/m1/s1. The molecule has 210 valence electrons. The van der Waals surface area contributed by atoms with E-state index >= 15 is 0 Å². The van der Waals surface area contributed by atoms with E-state index in [1.807, 2.05) is 6.08 Å². The molecule has 0 spiro atoms. The summed E-state index contributed by atoms with van der Waals surface area (Å²) in [5.74, 6) is -1.17. The van der Waals surface area contributed by atoms with Crippen LogP contribution in [0.1, 0.15) is 62.5 Å². The second-order valence-corrected chi connectivity index (χ2v) is 12.1. The summed E-state index contributed by atoms with van der Waals surface area (Å²) in [6.07, 6.45) is 7.26. The Morgan fingerprint density at radius 1 is 1.18 bits per heavy atom. The monoisotopic (exact) mass is 560 g/mol. The van der Waals surface area contributed by atoms with Gasteiger partial charge in [0.05, 0.1) is 5.56 Å². The highest BCUT2D eigenvalue weighted by Gasteiger charge is 2.58. The van der Waals surface area contributed by atoms with Crippen LogP contribution < -0.4 is 5.32 Å². The zero-order valence-electron chi connectivity index (χ0n) is 22.3. The summed E-state index contributed by atoms with van der Waals surface area (Å²) in [4.78, 5) is 17.2. The number of halogens is 4. The Kier molecular flexibility index (Phi) is 8.43. The zero-order valence-corrected chi connectivity index (χ0v) is 23.1. The smallest absolute Gasteiger partial charge is 0.322 e. The molecule has 2 aliphatic carbocycles. The van der Waals surface area contributed by atoms with Crippen molar-refractivity contribution in [3.8, 4) is 0 Å². The number of nitrogens with zero attached hydrogens (tertiary/aromatic N) is 1. The van der Waals surface area contributed by atoms with Gasteiger partial charge in [0.25, 0.3) is 5.91 Å². The first-order chi connectivity index (χ1) is 18.7. The van der Waals surface area contributed by atoms with Crippen LogP contribution in [-0.4, -0.2) is 36.7 Å². The Hall–Kier alpha value is -2.32. The third kappa shape index (κ3) is 6.37. The van der Waals surface area contributed by atoms with Gasteiger partial charge in [0.1, 0.15) is 5.82 Å². The maximum atomic E-state index is 13.8. The average Bonchev–Trinajstić information content (AvgIpc) is 3.43. The van der Waals surface area contributed by atoms with E-state index in [0.717, 1.165) is 64.2 Å². The number of thioether (sulfide) groups is 1. The molecule has 3 nitrogen and oxygen atoms in total. The van der Waals surface area contributed by atoms with E-state index < -0.39 is 17.6 Å². The van der Waals surface area contributed by atoms with Gasteiger partial charge in [0.2, 0.25) is 0 Å². The van der Waals surface area contributed by atoms with Gasteiger partial charge in [0, 0.05) is 16.2 Å². The van der Waals surface area contributed by atoms with Gasteiger partial charge in [-0.2, -0.15) is 13.2 Å². The number of nitrogens with one attached hydrogen (secondary N) is 1. The van der Waals surface area contributed by atoms with Gasteiger partial charge in [-0.15, -0.1) is 11.8 Å². The van der Waals surface area contributed by atoms with Crippen LogP contribution in [0.2, 0.25) is 0 Å². The minimum atomic E-state index is -4.83. The van der Waals surface area contributed by atoms with Crippen LogP contribution >= 0.6 is 11.8 Å². The van der Waals surface area contributed by atoms with Gasteiger partial charge in [-0.05, 0) is 130 Å². The van der Waals surface area contributed by atoms with E-state index in [1.54, 1.807) is 11.8 Å². The largest absolute Gasteiger partial charge is 0.419 e. The Labute approximate surface area is 232 Å². The van der Waals surface area contributed by atoms with Gasteiger partial charge < -0.3 is 10.2 Å². The second-order valence-electron chi connectivity index (χ2n) is 11.3. The first-order valence-corrected chi connectivity index (χ1v) is 15.2. The molecule has 1 aliphatic heterocycles. The number of hydrogen-bond donors (Lipinski definition) is 1. The molecule has 1 saturated heterocycles. The molecule has 3 atom stereocenters. The average molecular weight is 561 g/mol. The van der Waals surface area contributed by atoms with Crippen LogP contribution in [-0.2, 0) is 16.4 Å². The van der Waals surface area contributed by atoms with Gasteiger partial charge in [-0.3, -0.25) is 4.79 Å². The van der Waals surface area contributed by atoms with E-state index in [1.165, 1.54) is 29.4 Å². The molecule has 1 heterocycles. The first-order valence-electron chi connectivity index (χ1n) is 13.9. The Morgan fingerprint density at radius 3 is 2.69 bits per heavy atom. The van der Waals surface area contributed by atoms with E-state index in [2.05, 4.69) is 40.7 Å². The minimum absolute atomic E-state index is 0.0397. The van der Waals surface area contributed by atoms with E-state index in [-0.39, 0.29) is 22.9 Å². The van der Waals surface area contributed by atoms with E-state index in [4.69, 9.17) is 0 Å². The van der Waals surface area contributed by atoms with Crippen molar-refractivity contribution >= 4 is 23.4 Å². The van der Waals surface area contributed by atoms with Crippen molar-refractivity contribution in [2.24, 2.45) is 11.8 Å². The summed E-state index contributed by atoms with van der Waals surface area (Å²) in [5.41, 5.74) is 0.807. The summed E-state index contributed by atoms with van der Waals surface area (Å²) in [6.45, 7) is 3.22. The molecule has 39 heavy (non-hydrogen) atoms. The van der Waals surface area contributed by atoms with Crippen LogP contribution in [0, 0.1) is 17.7 Å². The highest BCUT2D eigenvalue weighted by atomic mass is 32.2. The predicted octanol–water partition coefficient (Wildman–Crippen LogP) is 8.07. The van der Waals surface area contributed by atoms with Crippen molar-refractivity contribution < 1.29 is 22.4 Å². The van der Waals surface area contributed by atoms with Crippen LogP contribution in [0.4, 0.5) is 23.2 Å². The van der Waals surface area contributed by atoms with Crippen molar-refractivity contribution in [3.05, 3.63) is 71.1 Å². The number of alkyl halides is 3. The third-order valence-corrected chi connectivity index (χ3v) is 9.58. The second kappa shape index (κ2) is 11.7. The number of unbranched alkanes of at least 4 members (excludes halogenated alkanes) is 1. The number of benzene rings is 2. The van der Waals surface area contributed by atoms with Crippen molar-refractivity contribution in [1.82, 2.24) is 4.90 Å². The number of allylic oxidation sites excluding steroid dienone is 1. The fourth-order valence-corrected chi connectivity index (χ4v) is 7.11. The molecule has 2 aromatic rings. The molecule has 3 fully saturated rings. The number of carbonyl (C=O) groups is 1. The van der Waals surface area contributed by atoms with Gasteiger partial charge in [0.15, 0.2) is 0 Å². The summed E-state index contributed by atoms with van der Waals surface area (Å²) >= 11 is 1.74. The van der Waals surface area contributed by atoms with Crippen LogP contribution in [0.3, 0.4) is 0 Å². The van der Waals surface area contributed by atoms with Crippen molar-refractivity contribution in [1.29, 1.82) is 0 Å². The van der Waals surface area contributed by atoms with Gasteiger partial charge in [-0.1, -0.05) is 18.2 Å². The number of carbonyl (C=O) groups excluding carboxylic acids is 1. The molecule has 2 saturated carbocycles. The number of anilines is 1. The minimum Gasteiger partial charge on any atom is -0.322 e. The quantitative estimate of drug-likeness (QED) is 0.146. The lowest BCUT2D eigenvalue weighted by atomic mass is 9.75. The maximum absolute atomic E-state index is 13.8. The van der Waals surface area contributed by atoms with Crippen LogP contribution in [0.5, 0.6) is 0 Å². The first kappa shape index (κ1) is 28.2. The molecule has 2 aromatic carbocycles. The topological polar surface area (TPSA) is 32.3 Å². The molecular formula is C31H36F4N2OS. The fourth-order valence-electron chi connectivity index (χ4n) is 6.65. The number of hydrogen-bond acceptors (Lipinski definition) is 3. The van der Waals surface area contributed by atoms with E-state index in [0.29, 0.717) is 17.6 Å².